The molecule has 0 bridgehead atoms. The molecule has 0 heterocycles. The van der Waals surface area contributed by atoms with Gasteiger partial charge in [-0.2, -0.15) is 0 Å². The van der Waals surface area contributed by atoms with E-state index in [9.17, 15) is 4.79 Å². The fraction of sp³-hybridized carbons (Fsp3) is 0.500. The van der Waals surface area contributed by atoms with Gasteiger partial charge in [0.2, 0.25) is 0 Å². The van der Waals surface area contributed by atoms with Crippen LogP contribution in [0.4, 0.5) is 5.69 Å². The molecule has 0 aliphatic carbocycles. The molecule has 0 radical (unpaired) electrons. The van der Waals surface area contributed by atoms with Gasteiger partial charge in [-0.3, -0.25) is 4.79 Å². The minimum absolute atomic E-state index is 0.0302. The topological polar surface area (TPSA) is 44.4 Å². The molecule has 1 unspecified atom stereocenters. The molecular formula is C14H23N3O. The monoisotopic (exact) mass is 249 g/mol. The Bertz CT molecular complexity index is 416. The average Bonchev–Trinajstić information content (AvgIpc) is 2.27. The Hall–Kier alpha value is -1.55. The number of amides is 1. The third kappa shape index (κ3) is 4.04. The Kier molecular flexibility index (Phi) is 5.16. The number of anilines is 1. The molecule has 4 heteroatoms. The molecule has 1 aromatic rings. The van der Waals surface area contributed by atoms with Gasteiger partial charge in [0.15, 0.2) is 0 Å². The third-order valence-electron chi connectivity index (χ3n) is 2.71. The fourth-order valence-corrected chi connectivity index (χ4v) is 1.96. The second kappa shape index (κ2) is 6.40. The van der Waals surface area contributed by atoms with Crippen molar-refractivity contribution in [2.24, 2.45) is 0 Å². The zero-order valence-electron chi connectivity index (χ0n) is 11.9. The van der Waals surface area contributed by atoms with Gasteiger partial charge in [-0.15, -0.1) is 0 Å². The van der Waals surface area contributed by atoms with Crippen LogP contribution in [0.25, 0.3) is 0 Å². The lowest BCUT2D eigenvalue weighted by atomic mass is 10.1. The highest BCUT2D eigenvalue weighted by Gasteiger charge is 2.13. The second-order valence-electron chi connectivity index (χ2n) is 4.94. The van der Waals surface area contributed by atoms with E-state index in [1.165, 1.54) is 0 Å². The van der Waals surface area contributed by atoms with Gasteiger partial charge in [-0.25, -0.2) is 0 Å². The van der Waals surface area contributed by atoms with Crippen molar-refractivity contribution in [3.63, 3.8) is 0 Å². The van der Waals surface area contributed by atoms with E-state index in [1.54, 1.807) is 0 Å². The number of carbonyl (C=O) groups excluding carboxylic acids is 1. The SMILES string of the molecule is CNc1ccc(C)cc1C(=O)NC(C)CN(C)C. The molecule has 1 amide bonds. The van der Waals surface area contributed by atoms with Crippen LogP contribution in [0.5, 0.6) is 0 Å². The van der Waals surface area contributed by atoms with Gasteiger partial charge in [-0.1, -0.05) is 11.6 Å². The van der Waals surface area contributed by atoms with E-state index in [1.807, 2.05) is 53.2 Å². The van der Waals surface area contributed by atoms with Crippen molar-refractivity contribution in [1.82, 2.24) is 10.2 Å². The maximum Gasteiger partial charge on any atom is 0.253 e. The van der Waals surface area contributed by atoms with Gasteiger partial charge < -0.3 is 15.5 Å². The van der Waals surface area contributed by atoms with Crippen LogP contribution in [0.1, 0.15) is 22.8 Å². The smallest absolute Gasteiger partial charge is 0.253 e. The van der Waals surface area contributed by atoms with Gasteiger partial charge in [0.1, 0.15) is 0 Å². The lowest BCUT2D eigenvalue weighted by Gasteiger charge is -2.19. The number of hydrogen-bond donors (Lipinski definition) is 2. The average molecular weight is 249 g/mol. The molecule has 100 valence electrons. The predicted molar refractivity (Wildman–Crippen MR) is 76.2 cm³/mol. The first kappa shape index (κ1) is 14.5. The molecule has 0 spiro atoms. The Morgan fingerprint density at radius 3 is 2.61 bits per heavy atom. The molecule has 2 N–H and O–H groups in total. The van der Waals surface area contributed by atoms with Gasteiger partial charge in [0.05, 0.1) is 5.56 Å². The van der Waals surface area contributed by atoms with Crippen molar-refractivity contribution in [2.75, 3.05) is 33.0 Å². The summed E-state index contributed by atoms with van der Waals surface area (Å²) in [5, 5.41) is 6.06. The largest absolute Gasteiger partial charge is 0.387 e. The van der Waals surface area contributed by atoms with Crippen molar-refractivity contribution in [3.05, 3.63) is 29.3 Å². The molecule has 0 fully saturated rings. The molecule has 1 atom stereocenters. The molecule has 1 rings (SSSR count). The van der Waals surface area contributed by atoms with Crippen LogP contribution in [-0.4, -0.2) is 44.5 Å². The molecule has 0 saturated carbocycles. The number of likely N-dealkylation sites (N-methyl/N-ethyl adjacent to an activating group) is 1. The maximum absolute atomic E-state index is 12.2. The normalized spacial score (nSPS) is 12.3. The van der Waals surface area contributed by atoms with Gasteiger partial charge in [0, 0.05) is 25.3 Å². The van der Waals surface area contributed by atoms with Crippen molar-refractivity contribution < 1.29 is 4.79 Å². The number of benzene rings is 1. The fourth-order valence-electron chi connectivity index (χ4n) is 1.96. The Morgan fingerprint density at radius 1 is 1.39 bits per heavy atom. The Labute approximate surface area is 109 Å². The van der Waals surface area contributed by atoms with E-state index in [2.05, 4.69) is 15.5 Å². The van der Waals surface area contributed by atoms with E-state index in [0.717, 1.165) is 17.8 Å². The van der Waals surface area contributed by atoms with E-state index in [0.29, 0.717) is 5.56 Å². The summed E-state index contributed by atoms with van der Waals surface area (Å²) in [6.07, 6.45) is 0. The number of nitrogens with zero attached hydrogens (tertiary/aromatic N) is 1. The van der Waals surface area contributed by atoms with Crippen LogP contribution >= 0.6 is 0 Å². The Morgan fingerprint density at radius 2 is 2.06 bits per heavy atom. The predicted octanol–water partition coefficient (Wildman–Crippen LogP) is 1.72. The summed E-state index contributed by atoms with van der Waals surface area (Å²) < 4.78 is 0. The summed E-state index contributed by atoms with van der Waals surface area (Å²) in [4.78, 5) is 14.3. The molecule has 1 aromatic carbocycles. The molecule has 0 aromatic heterocycles. The summed E-state index contributed by atoms with van der Waals surface area (Å²) in [7, 11) is 5.81. The molecule has 0 saturated heterocycles. The first-order valence-electron chi connectivity index (χ1n) is 6.18. The maximum atomic E-state index is 12.2. The van der Waals surface area contributed by atoms with Crippen LogP contribution in [0, 0.1) is 6.92 Å². The van der Waals surface area contributed by atoms with Crippen molar-refractivity contribution in [1.29, 1.82) is 0 Å². The number of hydrogen-bond acceptors (Lipinski definition) is 3. The van der Waals surface area contributed by atoms with Crippen LogP contribution in [0.15, 0.2) is 18.2 Å². The minimum Gasteiger partial charge on any atom is -0.387 e. The summed E-state index contributed by atoms with van der Waals surface area (Å²) in [5.74, 6) is -0.0302. The Balaban J connectivity index is 2.80. The standard InChI is InChI=1S/C14H23N3O/c1-10-6-7-13(15-3)12(8-10)14(18)16-11(2)9-17(4)5/h6-8,11,15H,9H2,1-5H3,(H,16,18). The summed E-state index contributed by atoms with van der Waals surface area (Å²) in [6.45, 7) is 4.82. The van der Waals surface area contributed by atoms with E-state index < -0.39 is 0 Å². The van der Waals surface area contributed by atoms with Gasteiger partial charge in [0.25, 0.3) is 5.91 Å². The summed E-state index contributed by atoms with van der Waals surface area (Å²) in [6, 6.07) is 5.95. The molecular weight excluding hydrogens is 226 g/mol. The molecule has 0 aliphatic rings. The van der Waals surface area contributed by atoms with E-state index in [-0.39, 0.29) is 11.9 Å². The lowest BCUT2D eigenvalue weighted by molar-refractivity contribution is 0.0935. The summed E-state index contributed by atoms with van der Waals surface area (Å²) in [5.41, 5.74) is 2.64. The highest BCUT2D eigenvalue weighted by atomic mass is 16.1. The number of carbonyl (C=O) groups is 1. The van der Waals surface area contributed by atoms with Crippen LogP contribution in [0.3, 0.4) is 0 Å². The van der Waals surface area contributed by atoms with Crippen LogP contribution in [-0.2, 0) is 0 Å². The van der Waals surface area contributed by atoms with E-state index in [4.69, 9.17) is 0 Å². The molecule has 4 nitrogen and oxygen atoms in total. The second-order valence-corrected chi connectivity index (χ2v) is 4.94. The third-order valence-corrected chi connectivity index (χ3v) is 2.71. The van der Waals surface area contributed by atoms with Crippen molar-refractivity contribution >= 4 is 11.6 Å². The highest BCUT2D eigenvalue weighted by molar-refractivity contribution is 5.99. The summed E-state index contributed by atoms with van der Waals surface area (Å²) >= 11 is 0. The van der Waals surface area contributed by atoms with Crippen molar-refractivity contribution in [3.8, 4) is 0 Å². The first-order valence-corrected chi connectivity index (χ1v) is 6.18. The van der Waals surface area contributed by atoms with Crippen LogP contribution in [0.2, 0.25) is 0 Å². The first-order chi connectivity index (χ1) is 8.43. The highest BCUT2D eigenvalue weighted by Crippen LogP contribution is 2.16. The molecule has 18 heavy (non-hydrogen) atoms. The van der Waals surface area contributed by atoms with Crippen molar-refractivity contribution in [2.45, 2.75) is 19.9 Å². The zero-order valence-corrected chi connectivity index (χ0v) is 11.9. The van der Waals surface area contributed by atoms with Gasteiger partial charge in [-0.05, 0) is 40.1 Å². The zero-order chi connectivity index (χ0) is 13.7. The quantitative estimate of drug-likeness (QED) is 0.835. The van der Waals surface area contributed by atoms with E-state index >= 15 is 0 Å². The number of aryl methyl sites for hydroxylation is 1. The lowest BCUT2D eigenvalue weighted by Crippen LogP contribution is -2.39. The van der Waals surface area contributed by atoms with Crippen LogP contribution < -0.4 is 10.6 Å². The van der Waals surface area contributed by atoms with Gasteiger partial charge >= 0.3 is 0 Å². The molecule has 0 aliphatic heterocycles. The number of rotatable bonds is 5. The number of nitrogens with one attached hydrogen (secondary N) is 2. The minimum atomic E-state index is -0.0302.